The number of ether oxygens (including phenoxy) is 1. The number of hydrogen-bond acceptors (Lipinski definition) is 6. The van der Waals surface area contributed by atoms with Crippen LogP contribution in [0.3, 0.4) is 0 Å². The highest BCUT2D eigenvalue weighted by atomic mass is 32.1. The standard InChI is InChI=1S/C10H6N2O4S/c13-9-5-6-17-10(11-9)16-8-3-1-7(2-4-8)12(14)15/h1-6H. The van der Waals surface area contributed by atoms with Crippen molar-refractivity contribution < 1.29 is 9.66 Å². The molecule has 0 atom stereocenters. The Labute approximate surface area is 99.3 Å². The SMILES string of the molecule is O=c1ccsc(Oc2ccc([N+](=O)[O-])cc2)n1. The van der Waals surface area contributed by atoms with Gasteiger partial charge in [-0.2, -0.15) is 4.98 Å². The van der Waals surface area contributed by atoms with Gasteiger partial charge >= 0.3 is 0 Å². The van der Waals surface area contributed by atoms with E-state index in [0.29, 0.717) is 5.75 Å². The zero-order valence-electron chi connectivity index (χ0n) is 8.40. The molecule has 0 N–H and O–H groups in total. The largest absolute Gasteiger partial charge is 0.431 e. The normalized spacial score (nSPS) is 9.88. The topological polar surface area (TPSA) is 82.3 Å². The monoisotopic (exact) mass is 250 g/mol. The van der Waals surface area contributed by atoms with Gasteiger partial charge in [0.1, 0.15) is 5.75 Å². The van der Waals surface area contributed by atoms with Gasteiger partial charge in [-0.05, 0) is 12.1 Å². The second kappa shape index (κ2) is 4.71. The molecule has 0 aliphatic rings. The van der Waals surface area contributed by atoms with Crippen molar-refractivity contribution in [3.05, 3.63) is 56.2 Å². The number of rotatable bonds is 3. The van der Waals surface area contributed by atoms with Crippen LogP contribution in [0.25, 0.3) is 0 Å². The van der Waals surface area contributed by atoms with Gasteiger partial charge in [-0.1, -0.05) is 11.3 Å². The Morgan fingerprint density at radius 3 is 2.53 bits per heavy atom. The van der Waals surface area contributed by atoms with Crippen LogP contribution in [0.1, 0.15) is 0 Å². The van der Waals surface area contributed by atoms with E-state index in [1.54, 1.807) is 5.38 Å². The van der Waals surface area contributed by atoms with Gasteiger partial charge < -0.3 is 4.74 Å². The van der Waals surface area contributed by atoms with E-state index in [1.165, 1.54) is 30.3 Å². The molecule has 0 bridgehead atoms. The van der Waals surface area contributed by atoms with E-state index in [1.807, 2.05) is 0 Å². The van der Waals surface area contributed by atoms with Crippen LogP contribution in [0.15, 0.2) is 40.5 Å². The zero-order valence-corrected chi connectivity index (χ0v) is 9.22. The molecule has 0 aliphatic carbocycles. The molecule has 0 amide bonds. The Morgan fingerprint density at radius 2 is 1.94 bits per heavy atom. The first-order chi connectivity index (χ1) is 8.15. The minimum atomic E-state index is -0.497. The number of nitro groups is 1. The first-order valence-corrected chi connectivity index (χ1v) is 5.41. The number of nitro benzene ring substituents is 1. The summed E-state index contributed by atoms with van der Waals surface area (Å²) in [5.74, 6) is 0.393. The fraction of sp³-hybridized carbons (Fsp3) is 0. The number of hydrogen-bond donors (Lipinski definition) is 0. The smallest absolute Gasteiger partial charge is 0.282 e. The Hall–Kier alpha value is -2.28. The lowest BCUT2D eigenvalue weighted by atomic mass is 10.3. The van der Waals surface area contributed by atoms with E-state index in [0.717, 1.165) is 11.3 Å². The van der Waals surface area contributed by atoms with Crippen LogP contribution in [-0.2, 0) is 0 Å². The van der Waals surface area contributed by atoms with Gasteiger partial charge in [-0.3, -0.25) is 14.9 Å². The molecule has 1 heterocycles. The average molecular weight is 250 g/mol. The van der Waals surface area contributed by atoms with E-state index in [2.05, 4.69) is 4.98 Å². The van der Waals surface area contributed by atoms with Crippen LogP contribution < -0.4 is 10.3 Å². The van der Waals surface area contributed by atoms with Gasteiger partial charge in [0.2, 0.25) is 0 Å². The number of non-ortho nitro benzene ring substituents is 1. The predicted octanol–water partition coefficient (Wildman–Crippen LogP) is 2.20. The van der Waals surface area contributed by atoms with Crippen LogP contribution >= 0.6 is 11.3 Å². The molecule has 0 aliphatic heterocycles. The third-order valence-corrected chi connectivity index (χ3v) is 2.48. The molecule has 0 fully saturated rings. The molecule has 17 heavy (non-hydrogen) atoms. The number of nitrogens with zero attached hydrogens (tertiary/aromatic N) is 2. The van der Waals surface area contributed by atoms with Crippen molar-refractivity contribution >= 4 is 17.0 Å². The molecule has 2 aromatic rings. The molecular formula is C10H6N2O4S. The first-order valence-electron chi connectivity index (χ1n) is 4.53. The minimum absolute atomic E-state index is 0.0217. The summed E-state index contributed by atoms with van der Waals surface area (Å²) in [6.45, 7) is 0. The summed E-state index contributed by atoms with van der Waals surface area (Å²) >= 11 is 1.16. The van der Waals surface area contributed by atoms with Crippen molar-refractivity contribution in [2.24, 2.45) is 0 Å². The van der Waals surface area contributed by atoms with Crippen molar-refractivity contribution in [1.82, 2.24) is 4.98 Å². The van der Waals surface area contributed by atoms with E-state index in [4.69, 9.17) is 4.74 Å². The average Bonchev–Trinajstić information content (AvgIpc) is 2.29. The Kier molecular flexibility index (Phi) is 3.10. The summed E-state index contributed by atoms with van der Waals surface area (Å²) in [5.41, 5.74) is -0.410. The molecule has 2 rings (SSSR count). The van der Waals surface area contributed by atoms with Crippen LogP contribution in [0.5, 0.6) is 10.9 Å². The minimum Gasteiger partial charge on any atom is -0.431 e. The fourth-order valence-electron chi connectivity index (χ4n) is 1.09. The van der Waals surface area contributed by atoms with Gasteiger partial charge in [-0.15, -0.1) is 0 Å². The lowest BCUT2D eigenvalue weighted by Gasteiger charge is -2.01. The number of aromatic nitrogens is 1. The molecule has 0 saturated carbocycles. The Balaban J connectivity index is 2.19. The third-order valence-electron chi connectivity index (χ3n) is 1.83. The first kappa shape index (κ1) is 11.2. The van der Waals surface area contributed by atoms with Crippen molar-refractivity contribution in [3.63, 3.8) is 0 Å². The molecule has 0 unspecified atom stereocenters. The van der Waals surface area contributed by atoms with Crippen LogP contribution in [0, 0.1) is 10.1 Å². The highest BCUT2D eigenvalue weighted by molar-refractivity contribution is 7.11. The molecule has 0 radical (unpaired) electrons. The Bertz CT molecular complexity index is 594. The fourth-order valence-corrected chi connectivity index (χ4v) is 1.68. The molecular weight excluding hydrogens is 244 g/mol. The summed E-state index contributed by atoms with van der Waals surface area (Å²) < 4.78 is 5.28. The van der Waals surface area contributed by atoms with Crippen molar-refractivity contribution in [2.75, 3.05) is 0 Å². The van der Waals surface area contributed by atoms with Gasteiger partial charge in [0.05, 0.1) is 4.92 Å². The van der Waals surface area contributed by atoms with E-state index >= 15 is 0 Å². The molecule has 86 valence electrons. The summed E-state index contributed by atoms with van der Waals surface area (Å²) in [6, 6.07) is 6.86. The lowest BCUT2D eigenvalue weighted by molar-refractivity contribution is -0.384. The molecule has 1 aromatic heterocycles. The lowest BCUT2D eigenvalue weighted by Crippen LogP contribution is -2.02. The predicted molar refractivity (Wildman–Crippen MR) is 61.6 cm³/mol. The van der Waals surface area contributed by atoms with Gasteiger partial charge in [0, 0.05) is 23.6 Å². The summed E-state index contributed by atoms with van der Waals surface area (Å²) in [5, 5.41) is 12.2. The second-order valence-corrected chi connectivity index (χ2v) is 3.85. The summed E-state index contributed by atoms with van der Waals surface area (Å²) in [4.78, 5) is 24.5. The number of benzene rings is 1. The van der Waals surface area contributed by atoms with Crippen molar-refractivity contribution in [2.45, 2.75) is 0 Å². The third kappa shape index (κ3) is 2.85. The highest BCUT2D eigenvalue weighted by Crippen LogP contribution is 2.23. The summed E-state index contributed by atoms with van der Waals surface area (Å²) in [7, 11) is 0. The second-order valence-electron chi connectivity index (χ2n) is 2.99. The molecule has 7 heteroatoms. The van der Waals surface area contributed by atoms with Gasteiger partial charge in [0.25, 0.3) is 16.4 Å². The summed E-state index contributed by atoms with van der Waals surface area (Å²) in [6.07, 6.45) is 0. The molecule has 6 nitrogen and oxygen atoms in total. The van der Waals surface area contributed by atoms with Crippen LogP contribution in [0.4, 0.5) is 5.69 Å². The van der Waals surface area contributed by atoms with E-state index in [9.17, 15) is 14.9 Å². The Morgan fingerprint density at radius 1 is 1.24 bits per heavy atom. The van der Waals surface area contributed by atoms with Crippen LogP contribution in [-0.4, -0.2) is 9.91 Å². The molecule has 0 spiro atoms. The van der Waals surface area contributed by atoms with Gasteiger partial charge in [-0.25, -0.2) is 0 Å². The quantitative estimate of drug-likeness (QED) is 0.616. The van der Waals surface area contributed by atoms with Crippen molar-refractivity contribution in [3.8, 4) is 10.9 Å². The van der Waals surface area contributed by atoms with E-state index < -0.39 is 4.92 Å². The molecule has 1 aromatic carbocycles. The maximum Gasteiger partial charge on any atom is 0.282 e. The maximum atomic E-state index is 11.0. The van der Waals surface area contributed by atoms with Crippen LogP contribution in [0.2, 0.25) is 0 Å². The van der Waals surface area contributed by atoms with E-state index in [-0.39, 0.29) is 16.4 Å². The van der Waals surface area contributed by atoms with Gasteiger partial charge in [0.15, 0.2) is 0 Å². The maximum absolute atomic E-state index is 11.0. The zero-order chi connectivity index (χ0) is 12.3. The van der Waals surface area contributed by atoms with Crippen molar-refractivity contribution in [1.29, 1.82) is 0 Å². The molecule has 0 saturated heterocycles. The highest BCUT2D eigenvalue weighted by Gasteiger charge is 2.05.